The molecule has 0 aromatic rings. The number of hydrogen-bond donors (Lipinski definition) is 2. The topological polar surface area (TPSA) is 32.3 Å². The summed E-state index contributed by atoms with van der Waals surface area (Å²) in [5, 5.41) is 12.6. The van der Waals surface area contributed by atoms with Crippen molar-refractivity contribution in [3.8, 4) is 0 Å². The van der Waals surface area contributed by atoms with E-state index in [1.807, 2.05) is 0 Å². The van der Waals surface area contributed by atoms with Gasteiger partial charge in [0.05, 0.1) is 6.61 Å². The molecule has 0 saturated heterocycles. The van der Waals surface area contributed by atoms with E-state index in [9.17, 15) is 0 Å². The molecule has 1 unspecified atom stereocenters. The van der Waals surface area contributed by atoms with Crippen LogP contribution in [0.25, 0.3) is 0 Å². The van der Waals surface area contributed by atoms with Crippen LogP contribution in [0.5, 0.6) is 0 Å². The Balaban J connectivity index is 3.17. The summed E-state index contributed by atoms with van der Waals surface area (Å²) >= 11 is 0. The number of aliphatic hydroxyl groups excluding tert-OH is 1. The smallest absolute Gasteiger partial charge is 0.0587 e. The van der Waals surface area contributed by atoms with E-state index in [1.54, 1.807) is 0 Å². The van der Waals surface area contributed by atoms with Gasteiger partial charge in [0.25, 0.3) is 0 Å². The van der Waals surface area contributed by atoms with Gasteiger partial charge in [-0.3, -0.25) is 0 Å². The van der Waals surface area contributed by atoms with E-state index in [1.165, 1.54) is 51.4 Å². The molecule has 0 aromatic carbocycles. The molecule has 0 rings (SSSR count). The fourth-order valence-electron chi connectivity index (χ4n) is 2.06. The standard InChI is InChI=1S/C15H33NO/c1-4-5-6-7-8-9-10-11-12-16-15(13-17)14(2)3/h14-17H,4-13H2,1-3H3. The second kappa shape index (κ2) is 12.4. The van der Waals surface area contributed by atoms with Crippen LogP contribution in [-0.2, 0) is 0 Å². The van der Waals surface area contributed by atoms with Crippen molar-refractivity contribution in [3.05, 3.63) is 0 Å². The van der Waals surface area contributed by atoms with Crippen molar-refractivity contribution in [1.82, 2.24) is 5.32 Å². The van der Waals surface area contributed by atoms with Gasteiger partial charge >= 0.3 is 0 Å². The third kappa shape index (κ3) is 10.8. The Hall–Kier alpha value is -0.0800. The predicted octanol–water partition coefficient (Wildman–Crippen LogP) is 3.73. The maximum Gasteiger partial charge on any atom is 0.0587 e. The zero-order chi connectivity index (χ0) is 12.9. The Morgan fingerprint density at radius 1 is 0.882 bits per heavy atom. The van der Waals surface area contributed by atoms with Crippen molar-refractivity contribution in [2.24, 2.45) is 5.92 Å². The molecule has 0 aliphatic rings. The Morgan fingerprint density at radius 3 is 1.88 bits per heavy atom. The lowest BCUT2D eigenvalue weighted by Gasteiger charge is -2.19. The molecule has 0 spiro atoms. The molecular weight excluding hydrogens is 210 g/mol. The maximum atomic E-state index is 9.16. The number of rotatable bonds is 12. The summed E-state index contributed by atoms with van der Waals surface area (Å²) < 4.78 is 0. The fraction of sp³-hybridized carbons (Fsp3) is 1.00. The molecule has 0 aromatic heterocycles. The number of hydrogen-bond acceptors (Lipinski definition) is 2. The average molecular weight is 243 g/mol. The lowest BCUT2D eigenvalue weighted by atomic mass is 10.0. The van der Waals surface area contributed by atoms with E-state index >= 15 is 0 Å². The van der Waals surface area contributed by atoms with Gasteiger partial charge < -0.3 is 10.4 Å². The van der Waals surface area contributed by atoms with Crippen LogP contribution >= 0.6 is 0 Å². The minimum atomic E-state index is 0.259. The number of unbranched alkanes of at least 4 members (excludes halogenated alkanes) is 7. The van der Waals surface area contributed by atoms with Gasteiger partial charge in [-0.2, -0.15) is 0 Å². The minimum absolute atomic E-state index is 0.259. The molecule has 0 radical (unpaired) electrons. The normalized spacial score (nSPS) is 13.2. The van der Waals surface area contributed by atoms with Crippen LogP contribution in [0.1, 0.15) is 72.1 Å². The van der Waals surface area contributed by atoms with Gasteiger partial charge in [-0.25, -0.2) is 0 Å². The summed E-state index contributed by atoms with van der Waals surface area (Å²) in [5.74, 6) is 0.522. The third-order valence-corrected chi connectivity index (χ3v) is 3.44. The van der Waals surface area contributed by atoms with Gasteiger partial charge in [0.2, 0.25) is 0 Å². The van der Waals surface area contributed by atoms with Crippen LogP contribution < -0.4 is 5.32 Å². The van der Waals surface area contributed by atoms with E-state index in [0.29, 0.717) is 5.92 Å². The molecular formula is C15H33NO. The van der Waals surface area contributed by atoms with Crippen LogP contribution in [0.4, 0.5) is 0 Å². The van der Waals surface area contributed by atoms with Crippen molar-refractivity contribution in [3.63, 3.8) is 0 Å². The van der Waals surface area contributed by atoms with Gasteiger partial charge in [-0.1, -0.05) is 65.7 Å². The van der Waals surface area contributed by atoms with E-state index in [4.69, 9.17) is 5.11 Å². The van der Waals surface area contributed by atoms with Crippen molar-refractivity contribution in [2.75, 3.05) is 13.2 Å². The highest BCUT2D eigenvalue weighted by molar-refractivity contribution is 4.68. The summed E-state index contributed by atoms with van der Waals surface area (Å²) in [6.07, 6.45) is 10.9. The summed E-state index contributed by atoms with van der Waals surface area (Å²) in [5.41, 5.74) is 0. The average Bonchev–Trinajstić information content (AvgIpc) is 2.31. The van der Waals surface area contributed by atoms with Crippen molar-refractivity contribution >= 4 is 0 Å². The van der Waals surface area contributed by atoms with Crippen LogP contribution in [0.2, 0.25) is 0 Å². The highest BCUT2D eigenvalue weighted by Gasteiger charge is 2.09. The van der Waals surface area contributed by atoms with Crippen LogP contribution in [0.3, 0.4) is 0 Å². The molecule has 2 heteroatoms. The second-order valence-corrected chi connectivity index (χ2v) is 5.46. The maximum absolute atomic E-state index is 9.16. The highest BCUT2D eigenvalue weighted by atomic mass is 16.3. The Kier molecular flexibility index (Phi) is 12.3. The SMILES string of the molecule is CCCCCCCCCCNC(CO)C(C)C. The first-order chi connectivity index (χ1) is 8.22. The monoisotopic (exact) mass is 243 g/mol. The molecule has 0 bridgehead atoms. The minimum Gasteiger partial charge on any atom is -0.395 e. The Labute approximate surface area is 108 Å². The molecule has 17 heavy (non-hydrogen) atoms. The Bertz CT molecular complexity index is 148. The second-order valence-electron chi connectivity index (χ2n) is 5.46. The van der Waals surface area contributed by atoms with Crippen molar-refractivity contribution < 1.29 is 5.11 Å². The zero-order valence-electron chi connectivity index (χ0n) is 12.2. The zero-order valence-corrected chi connectivity index (χ0v) is 12.2. The molecule has 1 atom stereocenters. The first kappa shape index (κ1) is 16.9. The molecule has 0 fully saturated rings. The van der Waals surface area contributed by atoms with Crippen molar-refractivity contribution in [2.45, 2.75) is 78.2 Å². The first-order valence-electron chi connectivity index (χ1n) is 7.56. The van der Waals surface area contributed by atoms with E-state index < -0.39 is 0 Å². The van der Waals surface area contributed by atoms with Gasteiger partial charge in [0, 0.05) is 6.04 Å². The summed E-state index contributed by atoms with van der Waals surface area (Å²) in [6.45, 7) is 7.88. The summed E-state index contributed by atoms with van der Waals surface area (Å²) in [4.78, 5) is 0. The lowest BCUT2D eigenvalue weighted by Crippen LogP contribution is -2.37. The molecule has 104 valence electrons. The Morgan fingerprint density at radius 2 is 1.41 bits per heavy atom. The van der Waals surface area contributed by atoms with Crippen molar-refractivity contribution in [1.29, 1.82) is 0 Å². The lowest BCUT2D eigenvalue weighted by molar-refractivity contribution is 0.210. The summed E-state index contributed by atoms with van der Waals surface area (Å²) in [7, 11) is 0. The largest absolute Gasteiger partial charge is 0.395 e. The molecule has 0 aliphatic carbocycles. The van der Waals surface area contributed by atoms with E-state index in [2.05, 4.69) is 26.1 Å². The van der Waals surface area contributed by atoms with E-state index in [-0.39, 0.29) is 12.6 Å². The molecule has 0 saturated carbocycles. The first-order valence-corrected chi connectivity index (χ1v) is 7.56. The third-order valence-electron chi connectivity index (χ3n) is 3.44. The van der Waals surface area contributed by atoms with Gasteiger partial charge in [-0.15, -0.1) is 0 Å². The fourth-order valence-corrected chi connectivity index (χ4v) is 2.06. The number of aliphatic hydroxyl groups is 1. The van der Waals surface area contributed by atoms with Gasteiger partial charge in [0.1, 0.15) is 0 Å². The number of nitrogens with one attached hydrogen (secondary N) is 1. The predicted molar refractivity (Wildman–Crippen MR) is 76.3 cm³/mol. The highest BCUT2D eigenvalue weighted by Crippen LogP contribution is 2.08. The molecule has 0 aliphatic heterocycles. The molecule has 2 N–H and O–H groups in total. The van der Waals surface area contributed by atoms with Crippen LogP contribution in [-0.4, -0.2) is 24.3 Å². The molecule has 2 nitrogen and oxygen atoms in total. The van der Waals surface area contributed by atoms with E-state index in [0.717, 1.165) is 6.54 Å². The van der Waals surface area contributed by atoms with Crippen LogP contribution in [0.15, 0.2) is 0 Å². The van der Waals surface area contributed by atoms with Gasteiger partial charge in [0.15, 0.2) is 0 Å². The van der Waals surface area contributed by atoms with Crippen LogP contribution in [0, 0.1) is 5.92 Å². The molecule has 0 heterocycles. The van der Waals surface area contributed by atoms with Gasteiger partial charge in [-0.05, 0) is 18.9 Å². The molecule has 0 amide bonds. The quantitative estimate of drug-likeness (QED) is 0.512. The summed E-state index contributed by atoms with van der Waals surface area (Å²) in [6, 6.07) is 0.277.